The molecule has 1 fully saturated rings. The monoisotopic (exact) mass is 271 g/mol. The molecule has 2 N–H and O–H groups in total. The molecule has 0 aromatic rings. The van der Waals surface area contributed by atoms with Crippen LogP contribution in [0, 0.1) is 17.8 Å². The van der Waals surface area contributed by atoms with Crippen LogP contribution in [0.5, 0.6) is 0 Å². The smallest absolute Gasteiger partial charge is 0.0718 e. The van der Waals surface area contributed by atoms with Gasteiger partial charge in [-0.3, -0.25) is 0 Å². The van der Waals surface area contributed by atoms with Crippen LogP contribution in [-0.2, 0) is 0 Å². The van der Waals surface area contributed by atoms with Crippen LogP contribution in [0.1, 0.15) is 53.9 Å². The van der Waals surface area contributed by atoms with E-state index in [9.17, 15) is 10.2 Å². The van der Waals surface area contributed by atoms with Crippen LogP contribution in [-0.4, -0.2) is 46.5 Å². The third-order valence-electron chi connectivity index (χ3n) is 4.48. The van der Waals surface area contributed by atoms with Crippen molar-refractivity contribution in [2.45, 2.75) is 65.6 Å². The second-order valence-electron chi connectivity index (χ2n) is 7.28. The highest BCUT2D eigenvalue weighted by atomic mass is 16.3. The lowest BCUT2D eigenvalue weighted by atomic mass is 9.74. The van der Waals surface area contributed by atoms with Crippen molar-refractivity contribution < 1.29 is 10.2 Å². The molecule has 0 bridgehead atoms. The van der Waals surface area contributed by atoms with Crippen molar-refractivity contribution in [1.82, 2.24) is 4.90 Å². The molecule has 1 rings (SSSR count). The fourth-order valence-electron chi connectivity index (χ4n) is 3.27. The predicted molar refractivity (Wildman–Crippen MR) is 80.1 cm³/mol. The highest BCUT2D eigenvalue weighted by Crippen LogP contribution is 2.34. The molecular weight excluding hydrogens is 238 g/mol. The number of aliphatic hydroxyl groups is 2. The summed E-state index contributed by atoms with van der Waals surface area (Å²) in [7, 11) is 0. The van der Waals surface area contributed by atoms with E-state index in [1.165, 1.54) is 0 Å². The quantitative estimate of drug-likeness (QED) is 0.780. The Bertz CT molecular complexity index is 260. The Morgan fingerprint density at radius 3 is 2.37 bits per heavy atom. The van der Waals surface area contributed by atoms with Crippen molar-refractivity contribution in [1.29, 1.82) is 0 Å². The highest BCUT2D eigenvalue weighted by Gasteiger charge is 2.32. The maximum Gasteiger partial charge on any atom is 0.0718 e. The van der Waals surface area contributed by atoms with Crippen molar-refractivity contribution in [2.24, 2.45) is 17.8 Å². The van der Waals surface area contributed by atoms with E-state index in [0.717, 1.165) is 38.3 Å². The maximum absolute atomic E-state index is 10.2. The number of aliphatic hydroxyl groups excluding tert-OH is 1. The molecule has 1 aliphatic rings. The molecule has 0 aliphatic heterocycles. The first kappa shape index (κ1) is 16.9. The molecule has 1 saturated carbocycles. The van der Waals surface area contributed by atoms with Crippen LogP contribution < -0.4 is 0 Å². The summed E-state index contributed by atoms with van der Waals surface area (Å²) in [4.78, 5) is 2.27. The number of likely N-dealkylation sites (N-methyl/N-ethyl adjacent to an activating group) is 1. The van der Waals surface area contributed by atoms with E-state index in [1.807, 2.05) is 13.8 Å². The molecule has 0 radical (unpaired) electrons. The normalized spacial score (nSPS) is 29.2. The van der Waals surface area contributed by atoms with Crippen molar-refractivity contribution in [3.63, 3.8) is 0 Å². The number of hydrogen-bond acceptors (Lipinski definition) is 3. The van der Waals surface area contributed by atoms with Gasteiger partial charge in [0.2, 0.25) is 0 Å². The zero-order chi connectivity index (χ0) is 14.6. The van der Waals surface area contributed by atoms with Crippen molar-refractivity contribution >= 4 is 0 Å². The minimum Gasteiger partial charge on any atom is -0.393 e. The molecule has 3 nitrogen and oxygen atoms in total. The molecule has 0 aromatic carbocycles. The summed E-state index contributed by atoms with van der Waals surface area (Å²) < 4.78 is 0. The lowest BCUT2D eigenvalue weighted by Crippen LogP contribution is -2.44. The van der Waals surface area contributed by atoms with Crippen LogP contribution in [0.2, 0.25) is 0 Å². The molecule has 19 heavy (non-hydrogen) atoms. The minimum atomic E-state index is -0.660. The second-order valence-corrected chi connectivity index (χ2v) is 7.28. The fourth-order valence-corrected chi connectivity index (χ4v) is 3.27. The third-order valence-corrected chi connectivity index (χ3v) is 4.48. The molecular formula is C16H33NO2. The second kappa shape index (κ2) is 7.05. The summed E-state index contributed by atoms with van der Waals surface area (Å²) in [6, 6.07) is 0. The number of rotatable bonds is 6. The summed E-state index contributed by atoms with van der Waals surface area (Å²) in [5, 5.41) is 20.2. The molecule has 3 heteroatoms. The zero-order valence-corrected chi connectivity index (χ0v) is 13.4. The Balaban J connectivity index is 2.56. The van der Waals surface area contributed by atoms with Gasteiger partial charge in [0.05, 0.1) is 11.7 Å². The summed E-state index contributed by atoms with van der Waals surface area (Å²) in [5.41, 5.74) is -0.660. The van der Waals surface area contributed by atoms with Crippen molar-refractivity contribution in [3.8, 4) is 0 Å². The van der Waals surface area contributed by atoms with Gasteiger partial charge in [0.1, 0.15) is 0 Å². The molecule has 114 valence electrons. The Morgan fingerprint density at radius 2 is 1.89 bits per heavy atom. The zero-order valence-electron chi connectivity index (χ0n) is 13.4. The SMILES string of the molecule is CCN(CC1CC(C(C)C)CCC1O)CC(C)(C)O. The minimum absolute atomic E-state index is 0.161. The van der Waals surface area contributed by atoms with E-state index < -0.39 is 5.60 Å². The molecule has 0 heterocycles. The largest absolute Gasteiger partial charge is 0.393 e. The van der Waals surface area contributed by atoms with Crippen LogP contribution in [0.3, 0.4) is 0 Å². The van der Waals surface area contributed by atoms with E-state index in [0.29, 0.717) is 18.4 Å². The van der Waals surface area contributed by atoms with Crippen LogP contribution in [0.15, 0.2) is 0 Å². The average Bonchev–Trinajstić information content (AvgIpc) is 2.28. The van der Waals surface area contributed by atoms with E-state index in [2.05, 4.69) is 25.7 Å². The lowest BCUT2D eigenvalue weighted by molar-refractivity contribution is -0.00589. The van der Waals surface area contributed by atoms with Gasteiger partial charge in [0.15, 0.2) is 0 Å². The van der Waals surface area contributed by atoms with E-state index in [-0.39, 0.29) is 6.10 Å². The Labute approximate surface area is 119 Å². The molecule has 0 saturated heterocycles. The molecule has 0 amide bonds. The predicted octanol–water partition coefficient (Wildman–Crippen LogP) is 2.51. The van der Waals surface area contributed by atoms with Gasteiger partial charge in [-0.1, -0.05) is 20.8 Å². The van der Waals surface area contributed by atoms with Crippen LogP contribution >= 0.6 is 0 Å². The van der Waals surface area contributed by atoms with Gasteiger partial charge in [-0.2, -0.15) is 0 Å². The van der Waals surface area contributed by atoms with Crippen molar-refractivity contribution in [3.05, 3.63) is 0 Å². The highest BCUT2D eigenvalue weighted by molar-refractivity contribution is 4.84. The molecule has 1 aliphatic carbocycles. The first-order valence-corrected chi connectivity index (χ1v) is 7.85. The van der Waals surface area contributed by atoms with Gasteiger partial charge in [0, 0.05) is 13.1 Å². The van der Waals surface area contributed by atoms with E-state index in [4.69, 9.17) is 0 Å². The van der Waals surface area contributed by atoms with Crippen LogP contribution in [0.4, 0.5) is 0 Å². The van der Waals surface area contributed by atoms with Gasteiger partial charge in [-0.05, 0) is 57.4 Å². The summed E-state index contributed by atoms with van der Waals surface area (Å²) in [6.07, 6.45) is 3.06. The Kier molecular flexibility index (Phi) is 6.28. The Hall–Kier alpha value is -0.120. The van der Waals surface area contributed by atoms with Gasteiger partial charge < -0.3 is 15.1 Å². The molecule has 0 aromatic heterocycles. The first-order valence-electron chi connectivity index (χ1n) is 7.85. The molecule has 3 atom stereocenters. The number of hydrogen-bond donors (Lipinski definition) is 2. The van der Waals surface area contributed by atoms with Gasteiger partial charge in [-0.25, -0.2) is 0 Å². The standard InChI is InChI=1S/C16H33NO2/c1-6-17(11-16(4,5)19)10-14-9-13(12(2)3)7-8-15(14)18/h12-15,18-19H,6-11H2,1-5H3. The lowest BCUT2D eigenvalue weighted by Gasteiger charge is -2.39. The maximum atomic E-state index is 10.2. The Morgan fingerprint density at radius 1 is 1.26 bits per heavy atom. The molecule has 0 spiro atoms. The van der Waals surface area contributed by atoms with Gasteiger partial charge in [0.25, 0.3) is 0 Å². The summed E-state index contributed by atoms with van der Waals surface area (Å²) in [5.74, 6) is 1.82. The summed E-state index contributed by atoms with van der Waals surface area (Å²) >= 11 is 0. The van der Waals surface area contributed by atoms with E-state index >= 15 is 0 Å². The van der Waals surface area contributed by atoms with E-state index in [1.54, 1.807) is 0 Å². The van der Waals surface area contributed by atoms with Gasteiger partial charge in [-0.15, -0.1) is 0 Å². The van der Waals surface area contributed by atoms with Crippen LogP contribution in [0.25, 0.3) is 0 Å². The molecule has 3 unspecified atom stereocenters. The average molecular weight is 271 g/mol. The fraction of sp³-hybridized carbons (Fsp3) is 1.00. The first-order chi connectivity index (χ1) is 8.73. The summed E-state index contributed by atoms with van der Waals surface area (Å²) in [6.45, 7) is 12.9. The van der Waals surface area contributed by atoms with Gasteiger partial charge >= 0.3 is 0 Å². The third kappa shape index (κ3) is 5.80. The number of nitrogens with zero attached hydrogens (tertiary/aromatic N) is 1. The topological polar surface area (TPSA) is 43.7 Å². The van der Waals surface area contributed by atoms with Crippen molar-refractivity contribution in [2.75, 3.05) is 19.6 Å².